The summed E-state index contributed by atoms with van der Waals surface area (Å²) in [6.45, 7) is 3.74. The van der Waals surface area contributed by atoms with Crippen molar-refractivity contribution >= 4 is 10.9 Å². The molecule has 11 heteroatoms. The lowest BCUT2D eigenvalue weighted by atomic mass is 10.1. The first kappa shape index (κ1) is 31.2. The Kier molecular flexibility index (Phi) is 8.75. The van der Waals surface area contributed by atoms with Crippen molar-refractivity contribution in [3.05, 3.63) is 66.7 Å². The third kappa shape index (κ3) is 8.04. The van der Waals surface area contributed by atoms with Crippen molar-refractivity contribution in [1.82, 2.24) is 0 Å². The number of benzene rings is 3. The fraction of sp³-hybridized carbons (Fsp3) is 0.438. The van der Waals surface area contributed by atoms with Crippen molar-refractivity contribution in [2.75, 3.05) is 0 Å². The van der Waals surface area contributed by atoms with Gasteiger partial charge in [0.1, 0.15) is 11.2 Å². The molecule has 0 amide bonds. The standard InChI is InChI=1S/C32H33F6O4S/c1-29(16-6-7-17-29)39-27-20-23(12-14-25(27)41-31(33,34)35)43(22-10-4-3-5-11-22)24-13-15-26(42-32(36,37)38)28(21-24)40-30(2)18-8-9-19-30/h3-5,10-15,20-21H,6-9,16-19H2,1-2H3/q+1. The minimum atomic E-state index is -4.92. The van der Waals surface area contributed by atoms with Gasteiger partial charge >= 0.3 is 12.7 Å². The minimum Gasteiger partial charge on any atom is -0.483 e. The highest BCUT2D eigenvalue weighted by atomic mass is 32.2. The van der Waals surface area contributed by atoms with Gasteiger partial charge in [-0.3, -0.25) is 0 Å². The molecule has 3 aromatic carbocycles. The summed E-state index contributed by atoms with van der Waals surface area (Å²) in [6.07, 6.45) is -3.51. The number of halogens is 6. The molecule has 3 aromatic rings. The summed E-state index contributed by atoms with van der Waals surface area (Å²) in [7, 11) is -0.965. The normalized spacial score (nSPS) is 18.1. The zero-order valence-electron chi connectivity index (χ0n) is 23.8. The average molecular weight is 628 g/mol. The van der Waals surface area contributed by atoms with Gasteiger partial charge in [-0.2, -0.15) is 0 Å². The van der Waals surface area contributed by atoms with E-state index in [1.807, 2.05) is 44.2 Å². The fourth-order valence-corrected chi connectivity index (χ4v) is 7.86. The summed E-state index contributed by atoms with van der Waals surface area (Å²) in [5.74, 6) is -0.986. The summed E-state index contributed by atoms with van der Waals surface area (Å²) in [5.41, 5.74) is -1.30. The highest BCUT2D eigenvalue weighted by Crippen LogP contribution is 2.45. The van der Waals surface area contributed by atoms with Crippen LogP contribution in [0.15, 0.2) is 81.4 Å². The minimum absolute atomic E-state index is 0.0420. The van der Waals surface area contributed by atoms with Gasteiger partial charge in [0.2, 0.25) is 0 Å². The Morgan fingerprint density at radius 2 is 0.930 bits per heavy atom. The summed E-state index contributed by atoms with van der Waals surface area (Å²) in [4.78, 5) is 1.99. The molecule has 0 aliphatic heterocycles. The monoisotopic (exact) mass is 627 g/mol. The van der Waals surface area contributed by atoms with E-state index in [0.717, 1.165) is 30.6 Å². The van der Waals surface area contributed by atoms with Crippen molar-refractivity contribution in [3.63, 3.8) is 0 Å². The second kappa shape index (κ2) is 12.1. The lowest BCUT2D eigenvalue weighted by molar-refractivity contribution is -0.276. The molecule has 2 fully saturated rings. The van der Waals surface area contributed by atoms with Gasteiger partial charge in [-0.1, -0.05) is 18.2 Å². The Bertz CT molecular complexity index is 1310. The van der Waals surface area contributed by atoms with Gasteiger partial charge in [-0.05, 0) is 102 Å². The van der Waals surface area contributed by atoms with E-state index >= 15 is 0 Å². The first-order valence-electron chi connectivity index (χ1n) is 14.2. The van der Waals surface area contributed by atoms with Gasteiger partial charge in [0, 0.05) is 12.1 Å². The molecule has 4 nitrogen and oxygen atoms in total. The van der Waals surface area contributed by atoms with Gasteiger partial charge in [-0.25, -0.2) is 0 Å². The second-order valence-corrected chi connectivity index (χ2v) is 13.5. The van der Waals surface area contributed by atoms with E-state index < -0.39 is 46.3 Å². The van der Waals surface area contributed by atoms with E-state index in [1.165, 1.54) is 24.3 Å². The van der Waals surface area contributed by atoms with Crippen LogP contribution in [0.1, 0.15) is 65.2 Å². The fourth-order valence-electron chi connectivity index (χ4n) is 5.75. The maximum atomic E-state index is 13.3. The number of rotatable bonds is 9. The Hall–Kier alpha value is -3.21. The first-order valence-corrected chi connectivity index (χ1v) is 15.4. The third-order valence-electron chi connectivity index (χ3n) is 7.77. The van der Waals surface area contributed by atoms with Crippen LogP contribution in [0.5, 0.6) is 23.0 Å². The lowest BCUT2D eigenvalue weighted by Gasteiger charge is -2.27. The SMILES string of the molecule is CC1(Oc2cc([S+](c3ccccc3)c3ccc(OC(F)(F)F)c(OC4(C)CCCC4)c3)ccc2OC(F)(F)F)CCCC1. The van der Waals surface area contributed by atoms with Crippen LogP contribution in [0.25, 0.3) is 0 Å². The highest BCUT2D eigenvalue weighted by Gasteiger charge is 2.40. The molecule has 2 aliphatic rings. The lowest BCUT2D eigenvalue weighted by Crippen LogP contribution is -2.29. The molecule has 43 heavy (non-hydrogen) atoms. The first-order chi connectivity index (χ1) is 20.2. The second-order valence-electron chi connectivity index (χ2n) is 11.5. The Labute approximate surface area is 249 Å². The zero-order valence-corrected chi connectivity index (χ0v) is 24.6. The molecular formula is C32H33F6O4S+. The van der Waals surface area contributed by atoms with E-state index in [4.69, 9.17) is 9.47 Å². The number of alkyl halides is 6. The Morgan fingerprint density at radius 3 is 1.30 bits per heavy atom. The van der Waals surface area contributed by atoms with Crippen molar-refractivity contribution in [2.24, 2.45) is 0 Å². The molecule has 0 saturated heterocycles. The maximum absolute atomic E-state index is 13.3. The number of ether oxygens (including phenoxy) is 4. The van der Waals surface area contributed by atoms with Crippen LogP contribution < -0.4 is 18.9 Å². The summed E-state index contributed by atoms with van der Waals surface area (Å²) in [5, 5.41) is 0. The molecule has 2 aliphatic carbocycles. The molecule has 0 radical (unpaired) electrons. The molecule has 232 valence electrons. The molecule has 0 bridgehead atoms. The van der Waals surface area contributed by atoms with Gasteiger partial charge in [0.05, 0.1) is 10.9 Å². The zero-order chi connectivity index (χ0) is 30.9. The Balaban J connectivity index is 1.61. The summed E-state index contributed by atoms with van der Waals surface area (Å²) in [6, 6.07) is 17.8. The smallest absolute Gasteiger partial charge is 0.483 e. The third-order valence-corrected chi connectivity index (χ3v) is 9.96. The van der Waals surface area contributed by atoms with E-state index in [2.05, 4.69) is 9.47 Å². The average Bonchev–Trinajstić information content (AvgIpc) is 3.54. The van der Waals surface area contributed by atoms with Crippen LogP contribution in [0.3, 0.4) is 0 Å². The van der Waals surface area contributed by atoms with Crippen LogP contribution in [-0.2, 0) is 10.9 Å². The topological polar surface area (TPSA) is 36.9 Å². The van der Waals surface area contributed by atoms with Gasteiger partial charge < -0.3 is 18.9 Å². The van der Waals surface area contributed by atoms with Crippen LogP contribution in [0, 0.1) is 0 Å². The molecule has 0 unspecified atom stereocenters. The maximum Gasteiger partial charge on any atom is 0.573 e. The van der Waals surface area contributed by atoms with Crippen LogP contribution in [0.4, 0.5) is 26.3 Å². The van der Waals surface area contributed by atoms with E-state index in [-0.39, 0.29) is 11.5 Å². The highest BCUT2D eigenvalue weighted by molar-refractivity contribution is 7.97. The van der Waals surface area contributed by atoms with E-state index in [1.54, 1.807) is 12.1 Å². The summed E-state index contributed by atoms with van der Waals surface area (Å²) < 4.78 is 101. The predicted octanol–water partition coefficient (Wildman–Crippen LogP) is 10.0. The summed E-state index contributed by atoms with van der Waals surface area (Å²) >= 11 is 0. The number of hydrogen-bond donors (Lipinski definition) is 0. The Morgan fingerprint density at radius 1 is 0.535 bits per heavy atom. The molecule has 0 heterocycles. The van der Waals surface area contributed by atoms with Crippen LogP contribution >= 0.6 is 0 Å². The van der Waals surface area contributed by atoms with Gasteiger partial charge in [0.25, 0.3) is 0 Å². The van der Waals surface area contributed by atoms with E-state index in [0.29, 0.717) is 35.5 Å². The largest absolute Gasteiger partial charge is 0.573 e. The molecular weight excluding hydrogens is 594 g/mol. The molecule has 2 saturated carbocycles. The van der Waals surface area contributed by atoms with Crippen LogP contribution in [-0.4, -0.2) is 23.9 Å². The van der Waals surface area contributed by atoms with Crippen molar-refractivity contribution in [3.8, 4) is 23.0 Å². The predicted molar refractivity (Wildman–Crippen MR) is 150 cm³/mol. The van der Waals surface area contributed by atoms with Crippen molar-refractivity contribution in [1.29, 1.82) is 0 Å². The molecule has 0 atom stereocenters. The van der Waals surface area contributed by atoms with Gasteiger partial charge in [0.15, 0.2) is 37.7 Å². The van der Waals surface area contributed by atoms with Crippen molar-refractivity contribution < 1.29 is 45.3 Å². The molecule has 5 rings (SSSR count). The quantitative estimate of drug-likeness (QED) is 0.175. The van der Waals surface area contributed by atoms with Crippen LogP contribution in [0.2, 0.25) is 0 Å². The molecule has 0 spiro atoms. The van der Waals surface area contributed by atoms with Crippen molar-refractivity contribution in [2.45, 2.75) is 104 Å². The molecule has 0 N–H and O–H groups in total. The number of hydrogen-bond acceptors (Lipinski definition) is 4. The molecule has 0 aromatic heterocycles. The van der Waals surface area contributed by atoms with Gasteiger partial charge in [-0.15, -0.1) is 26.3 Å². The van der Waals surface area contributed by atoms with E-state index in [9.17, 15) is 26.3 Å².